The Labute approximate surface area is 92.1 Å². The summed E-state index contributed by atoms with van der Waals surface area (Å²) in [5.74, 6) is -0.846. The minimum atomic E-state index is -0.550. The third-order valence-electron chi connectivity index (χ3n) is 1.93. The Bertz CT molecular complexity index is 272. The van der Waals surface area contributed by atoms with Gasteiger partial charge in [0.2, 0.25) is 0 Å². The van der Waals surface area contributed by atoms with Crippen LogP contribution in [0.5, 0.6) is 0 Å². The van der Waals surface area contributed by atoms with E-state index in [4.69, 9.17) is 18.9 Å². The first-order valence-corrected chi connectivity index (χ1v) is 4.96. The van der Waals surface area contributed by atoms with Crippen LogP contribution in [0.25, 0.3) is 0 Å². The van der Waals surface area contributed by atoms with Gasteiger partial charge in [-0.3, -0.25) is 4.79 Å². The lowest BCUT2D eigenvalue weighted by atomic mass is 10.3. The first kappa shape index (κ1) is 11.3. The summed E-state index contributed by atoms with van der Waals surface area (Å²) in [5, 5.41) is 0. The van der Waals surface area contributed by atoms with Gasteiger partial charge in [0.05, 0.1) is 6.61 Å². The van der Waals surface area contributed by atoms with Crippen molar-refractivity contribution in [1.29, 1.82) is 0 Å². The van der Waals surface area contributed by atoms with E-state index >= 15 is 0 Å². The van der Waals surface area contributed by atoms with Gasteiger partial charge in [0.15, 0.2) is 12.1 Å². The van der Waals surface area contributed by atoms with Crippen LogP contribution < -0.4 is 0 Å². The van der Waals surface area contributed by atoms with Gasteiger partial charge in [0.25, 0.3) is 0 Å². The summed E-state index contributed by atoms with van der Waals surface area (Å²) < 4.78 is 19.4. The zero-order chi connectivity index (χ0) is 11.4. The summed E-state index contributed by atoms with van der Waals surface area (Å²) in [6.07, 6.45) is 2.00. The highest BCUT2D eigenvalue weighted by Gasteiger charge is 2.24. The van der Waals surface area contributed by atoms with E-state index in [0.29, 0.717) is 13.2 Å². The zero-order valence-corrected chi connectivity index (χ0v) is 8.59. The summed E-state index contributed by atoms with van der Waals surface area (Å²) in [6.45, 7) is 1.32. The molecule has 6 heteroatoms. The van der Waals surface area contributed by atoms with Gasteiger partial charge >= 0.3 is 5.97 Å². The average molecular weight is 228 g/mol. The van der Waals surface area contributed by atoms with Crippen LogP contribution in [-0.2, 0) is 28.5 Å². The predicted molar refractivity (Wildman–Crippen MR) is 50.5 cm³/mol. The van der Waals surface area contributed by atoms with Crippen molar-refractivity contribution in [3.8, 4) is 0 Å². The van der Waals surface area contributed by atoms with Gasteiger partial charge in [0, 0.05) is 6.08 Å². The monoisotopic (exact) mass is 228 g/mol. The van der Waals surface area contributed by atoms with Gasteiger partial charge in [0.1, 0.15) is 25.9 Å². The molecular formula is C10H12O6. The molecule has 6 nitrogen and oxygen atoms in total. The van der Waals surface area contributed by atoms with Crippen molar-refractivity contribution in [3.05, 3.63) is 12.2 Å². The quantitative estimate of drug-likeness (QED) is 0.330. The molecule has 0 spiro atoms. The van der Waals surface area contributed by atoms with Crippen LogP contribution in [0.2, 0.25) is 0 Å². The van der Waals surface area contributed by atoms with Gasteiger partial charge in [-0.2, -0.15) is 0 Å². The molecule has 2 rings (SSSR count). The Hall–Kier alpha value is -1.24. The number of rotatable bonds is 7. The lowest BCUT2D eigenvalue weighted by Crippen LogP contribution is -2.10. The van der Waals surface area contributed by atoms with E-state index in [9.17, 15) is 9.59 Å². The molecule has 2 aliphatic rings. The van der Waals surface area contributed by atoms with Crippen molar-refractivity contribution in [2.24, 2.45) is 0 Å². The fourth-order valence-corrected chi connectivity index (χ4v) is 0.907. The number of hydrogen-bond acceptors (Lipinski definition) is 6. The number of ether oxygens (including phenoxy) is 4. The van der Waals surface area contributed by atoms with Crippen molar-refractivity contribution < 1.29 is 28.5 Å². The maximum atomic E-state index is 11.1. The van der Waals surface area contributed by atoms with Gasteiger partial charge < -0.3 is 18.9 Å². The minimum absolute atomic E-state index is 0.0309. The summed E-state index contributed by atoms with van der Waals surface area (Å²) in [5.41, 5.74) is 0. The minimum Gasteiger partial charge on any atom is -0.460 e. The molecular weight excluding hydrogens is 216 g/mol. The molecule has 0 amide bonds. The van der Waals surface area contributed by atoms with E-state index in [1.807, 2.05) is 0 Å². The molecule has 0 saturated carbocycles. The molecule has 0 aromatic heterocycles. The van der Waals surface area contributed by atoms with Crippen molar-refractivity contribution in [2.45, 2.75) is 12.4 Å². The second kappa shape index (κ2) is 5.20. The smallest absolute Gasteiger partial charge is 0.330 e. The summed E-state index contributed by atoms with van der Waals surface area (Å²) in [4.78, 5) is 22.2. The highest BCUT2D eigenvalue weighted by Crippen LogP contribution is 2.10. The van der Waals surface area contributed by atoms with Gasteiger partial charge in [-0.25, -0.2) is 4.79 Å². The fourth-order valence-electron chi connectivity index (χ4n) is 0.907. The topological polar surface area (TPSA) is 77.7 Å². The molecule has 2 heterocycles. The van der Waals surface area contributed by atoms with Crippen molar-refractivity contribution in [2.75, 3.05) is 26.4 Å². The highest BCUT2D eigenvalue weighted by molar-refractivity contribution is 5.96. The van der Waals surface area contributed by atoms with Crippen LogP contribution in [0.15, 0.2) is 12.2 Å². The average Bonchev–Trinajstić information content (AvgIpc) is 3.15. The van der Waals surface area contributed by atoms with E-state index in [0.717, 1.165) is 12.2 Å². The van der Waals surface area contributed by atoms with Crippen molar-refractivity contribution >= 4 is 11.8 Å². The standard InChI is InChI=1S/C10H12O6/c11-7(3-15-10-6-16-10)1-2-9(12)14-5-8-4-13-8/h1-2,8,10H,3-6H2/b2-1+. The van der Waals surface area contributed by atoms with Crippen LogP contribution in [-0.4, -0.2) is 50.6 Å². The Morgan fingerprint density at radius 3 is 2.62 bits per heavy atom. The molecule has 2 aliphatic heterocycles. The largest absolute Gasteiger partial charge is 0.460 e. The molecule has 2 fully saturated rings. The van der Waals surface area contributed by atoms with Crippen molar-refractivity contribution in [3.63, 3.8) is 0 Å². The van der Waals surface area contributed by atoms with Gasteiger partial charge in [-0.1, -0.05) is 0 Å². The van der Waals surface area contributed by atoms with Crippen LogP contribution >= 0.6 is 0 Å². The lowest BCUT2D eigenvalue weighted by Gasteiger charge is -1.97. The third-order valence-corrected chi connectivity index (χ3v) is 1.93. The molecule has 0 aliphatic carbocycles. The van der Waals surface area contributed by atoms with E-state index in [-0.39, 0.29) is 31.4 Å². The van der Waals surface area contributed by atoms with Gasteiger partial charge in [-0.05, 0) is 6.08 Å². The molecule has 0 N–H and O–H groups in total. The summed E-state index contributed by atoms with van der Waals surface area (Å²) in [6, 6.07) is 0. The Morgan fingerprint density at radius 2 is 2.00 bits per heavy atom. The van der Waals surface area contributed by atoms with Crippen LogP contribution in [0, 0.1) is 0 Å². The second-order valence-corrected chi connectivity index (χ2v) is 3.46. The van der Waals surface area contributed by atoms with Gasteiger partial charge in [-0.15, -0.1) is 0 Å². The lowest BCUT2D eigenvalue weighted by molar-refractivity contribution is -0.138. The van der Waals surface area contributed by atoms with Crippen LogP contribution in [0.3, 0.4) is 0 Å². The molecule has 0 aromatic carbocycles. The number of epoxide rings is 2. The Balaban J connectivity index is 1.57. The van der Waals surface area contributed by atoms with Crippen LogP contribution in [0.4, 0.5) is 0 Å². The third kappa shape index (κ3) is 4.52. The molecule has 2 unspecified atom stereocenters. The maximum Gasteiger partial charge on any atom is 0.330 e. The number of esters is 1. The molecule has 0 bridgehead atoms. The molecule has 88 valence electrons. The normalized spacial score (nSPS) is 26.8. The maximum absolute atomic E-state index is 11.1. The highest BCUT2D eigenvalue weighted by atomic mass is 16.8. The second-order valence-electron chi connectivity index (χ2n) is 3.46. The Morgan fingerprint density at radius 1 is 1.25 bits per heavy atom. The molecule has 16 heavy (non-hydrogen) atoms. The first-order chi connectivity index (χ1) is 7.74. The summed E-state index contributed by atoms with van der Waals surface area (Å²) >= 11 is 0. The molecule has 0 aromatic rings. The Kier molecular flexibility index (Phi) is 3.66. The van der Waals surface area contributed by atoms with E-state index in [2.05, 4.69) is 0 Å². The SMILES string of the molecule is O=C(/C=C/C(=O)OCC1CO1)COC1CO1. The molecule has 0 radical (unpaired) electrons. The van der Waals surface area contributed by atoms with E-state index in [1.54, 1.807) is 0 Å². The van der Waals surface area contributed by atoms with Crippen molar-refractivity contribution in [1.82, 2.24) is 0 Å². The summed E-state index contributed by atoms with van der Waals surface area (Å²) in [7, 11) is 0. The zero-order valence-electron chi connectivity index (χ0n) is 8.59. The fraction of sp³-hybridized carbons (Fsp3) is 0.600. The first-order valence-electron chi connectivity index (χ1n) is 4.96. The van der Waals surface area contributed by atoms with Crippen LogP contribution in [0.1, 0.15) is 0 Å². The van der Waals surface area contributed by atoms with E-state index in [1.165, 1.54) is 0 Å². The molecule has 2 saturated heterocycles. The number of ketones is 1. The number of carbonyl (C=O) groups is 2. The van der Waals surface area contributed by atoms with E-state index < -0.39 is 5.97 Å². The molecule has 2 atom stereocenters. The number of carbonyl (C=O) groups excluding carboxylic acids is 2. The predicted octanol–water partition coefficient (Wildman–Crippen LogP) is -0.573. The number of hydrogen-bond donors (Lipinski definition) is 0.